The molecular formula is C97H100B2F5NaO33S6. The standard InChI is InChI=1S/C25H27FO9S.C19H15FO9S.C17H15FO5S.C15H13FO4S.C15H11FO4S.C2H4O2.C2H6S.2CH4.2B.Na.H/c1-4-32-22(27)25(23(28)33-5-2,24(29)34-6-3)20-12-13-35-21-15-18(10-11-19(20)21)36(30,31)17-9-7-8-16(26)14-17;20-10-2-1-3-11(8-10)30(27,28)12-4-5-13-14(6-7-29-15(13)9-12)19(16(21)22,17(23)24)18(25)26;18-12-2-1-3-13(9-12)24(21,22)14-4-5-15-11(8-17(19)20)6-7-23-16(15)10-14;2*16-10-2-1-3-11(8-10)21(18,19)12-4-5-13-14(17)6-7-20-15(13)9-12;1-2(3)4;1-3-2;;;;;;/h7-11,14-15,20H,4-6,12-13H2,1-3H3;1-5,8-9,14H,6-7H2,(H,21,22)(H,23,24)(H,25,26);1-5,9-11H,6-8H2,(H,19,20);1-5,8-9,14,17H,6-7H2;1-5,8-9H,6-7H2;1H3,(H,3,4);1-2H3;2*1H4;;;;/q;;;;;;;;;;;+1;-1. The molecule has 5 heterocycles. The van der Waals surface area contributed by atoms with Crippen LogP contribution >= 0.6 is 11.8 Å². The number of aliphatic carboxylic acids is 5. The molecule has 0 spiro atoms. The Morgan fingerprint density at radius 1 is 0.375 bits per heavy atom. The van der Waals surface area contributed by atoms with Gasteiger partial charge in [-0.15, -0.1) is 0 Å². The van der Waals surface area contributed by atoms with E-state index < -0.39 is 155 Å². The van der Waals surface area contributed by atoms with Gasteiger partial charge in [-0.1, -0.05) is 69.5 Å². The third-order valence-electron chi connectivity index (χ3n) is 21.4. The Morgan fingerprint density at radius 3 is 0.924 bits per heavy atom. The average molecular weight is 2130 g/mol. The SMILES string of the molecule is C.C.CC(=O)O.CCOC(=O)C(C(=O)OCC)(C(=O)OCC)C1CCOc2cc(S(=O)(=O)c3cccc(F)c3)ccc21.CSC.O=C(O)C(C(=O)O)(C(=O)O)C1CCOc2cc(S(=O)(=O)c3cccc(F)c3)ccc21.O=C(O)CC1CCOc2cc(S(=O)(=O)c3cccc(F)c3)ccc21.O=C1CCOc2cc(S(=O)(=O)c3cccc(F)c3)ccc21.O=S(=O)(c1cccc(F)c1)c1ccc2c(c1)OCCC2O.[B].[B].[H-].[Na+]. The molecule has 6 N–H and O–H groups in total. The summed E-state index contributed by atoms with van der Waals surface area (Å²) in [6.07, 6.45) is 4.53. The number of carbonyl (C=O) groups excluding carboxylic acids is 4. The number of fused-ring (bicyclic) bond motifs is 5. The normalized spacial score (nSPS) is 15.0. The van der Waals surface area contributed by atoms with Gasteiger partial charge in [0.25, 0.3) is 16.8 Å². The molecule has 0 fully saturated rings. The van der Waals surface area contributed by atoms with Gasteiger partial charge in [0.1, 0.15) is 57.8 Å². The van der Waals surface area contributed by atoms with E-state index in [4.69, 9.17) is 52.9 Å². The van der Waals surface area contributed by atoms with Gasteiger partial charge in [-0.05, 0) is 227 Å². The summed E-state index contributed by atoms with van der Waals surface area (Å²) in [6.45, 7) is 5.96. The van der Waals surface area contributed by atoms with E-state index in [1.807, 2.05) is 12.5 Å². The molecule has 6 radical (unpaired) electrons. The van der Waals surface area contributed by atoms with Crippen molar-refractivity contribution < 1.29 is 207 Å². The number of halogens is 5. The molecule has 4 unspecified atom stereocenters. The Labute approximate surface area is 859 Å². The van der Waals surface area contributed by atoms with E-state index in [1.165, 1.54) is 166 Å². The first-order chi connectivity index (χ1) is 65.6. The second kappa shape index (κ2) is 53.9. The number of sulfone groups is 5. The van der Waals surface area contributed by atoms with E-state index in [0.717, 1.165) is 67.6 Å². The van der Waals surface area contributed by atoms with Crippen LogP contribution in [0.5, 0.6) is 28.7 Å². The predicted octanol–water partition coefficient (Wildman–Crippen LogP) is 11.8. The quantitative estimate of drug-likeness (QED) is 0.0114. The van der Waals surface area contributed by atoms with Crippen LogP contribution in [0.3, 0.4) is 0 Å². The summed E-state index contributed by atoms with van der Waals surface area (Å²) in [7, 11) is -19.8. The van der Waals surface area contributed by atoms with Gasteiger partial charge in [-0.3, -0.25) is 43.2 Å². The number of aliphatic hydroxyl groups excluding tert-OH is 1. The number of carbonyl (C=O) groups is 9. The fraction of sp³-hybridized carbons (Fsp3) is 0.289. The molecule has 0 aromatic heterocycles. The first kappa shape index (κ1) is 124. The zero-order valence-electron chi connectivity index (χ0n) is 77.6. The average Bonchev–Trinajstić information content (AvgIpc) is 0.720. The third-order valence-corrected chi connectivity index (χ3v) is 30.1. The van der Waals surface area contributed by atoms with Crippen LogP contribution in [0, 0.1) is 39.9 Å². The molecule has 4 atom stereocenters. The summed E-state index contributed by atoms with van der Waals surface area (Å²) >= 11 is 1.75. The van der Waals surface area contributed by atoms with Crippen molar-refractivity contribution >= 4 is 131 Å². The van der Waals surface area contributed by atoms with Gasteiger partial charge in [-0.2, -0.15) is 11.8 Å². The second-order valence-electron chi connectivity index (χ2n) is 30.4. The van der Waals surface area contributed by atoms with Crippen molar-refractivity contribution in [2.75, 3.05) is 65.4 Å². The molecule has 10 aromatic carbocycles. The maximum absolute atomic E-state index is 13.7. The molecule has 15 rings (SSSR count). The van der Waals surface area contributed by atoms with Gasteiger partial charge >= 0.3 is 71.3 Å². The number of hydrogen-bond acceptors (Lipinski definition) is 29. The van der Waals surface area contributed by atoms with Crippen LogP contribution in [0.15, 0.2) is 261 Å². The number of ether oxygens (including phenoxy) is 8. The van der Waals surface area contributed by atoms with Gasteiger partial charge < -0.3 is 70.0 Å². The smallest absolute Gasteiger partial charge is 1.00 e. The van der Waals surface area contributed by atoms with Crippen molar-refractivity contribution in [3.05, 3.63) is 269 Å². The van der Waals surface area contributed by atoms with Gasteiger partial charge in [0, 0.05) is 59.9 Å². The fourth-order valence-electron chi connectivity index (χ4n) is 14.9. The van der Waals surface area contributed by atoms with Crippen LogP contribution in [0.25, 0.3) is 0 Å². The Morgan fingerprint density at radius 2 is 0.625 bits per heavy atom. The van der Waals surface area contributed by atoms with E-state index >= 15 is 0 Å². The van der Waals surface area contributed by atoms with E-state index in [-0.39, 0.29) is 217 Å². The van der Waals surface area contributed by atoms with Crippen molar-refractivity contribution in [2.45, 2.75) is 154 Å². The summed E-state index contributed by atoms with van der Waals surface area (Å²) in [6, 6.07) is 43.1. The van der Waals surface area contributed by atoms with Crippen LogP contribution in [0.1, 0.15) is 139 Å². The predicted molar refractivity (Wildman–Crippen MR) is 508 cm³/mol. The number of hydrogen-bond donors (Lipinski definition) is 6. The fourth-order valence-corrected chi connectivity index (χ4v) is 21.5. The molecular weight excluding hydrogens is 2030 g/mol. The number of aliphatic hydroxyl groups is 1. The van der Waals surface area contributed by atoms with Gasteiger partial charge in [0.15, 0.2) is 5.78 Å². The number of rotatable bonds is 23. The van der Waals surface area contributed by atoms with E-state index in [9.17, 15) is 123 Å². The zero-order valence-corrected chi connectivity index (χ0v) is 83.5. The third kappa shape index (κ3) is 28.6. The van der Waals surface area contributed by atoms with Crippen molar-refractivity contribution in [1.82, 2.24) is 0 Å². The maximum Gasteiger partial charge on any atom is 1.00 e. The Hall–Kier alpha value is -12.5. The summed E-state index contributed by atoms with van der Waals surface area (Å²) in [5.74, 6) is -16.7. The van der Waals surface area contributed by atoms with Crippen LogP contribution in [-0.2, 0) is 102 Å². The minimum Gasteiger partial charge on any atom is -1.00 e. The van der Waals surface area contributed by atoms with E-state index in [1.54, 1.807) is 17.8 Å². The molecule has 0 amide bonds. The minimum atomic E-state index is -4.17. The molecule has 0 bridgehead atoms. The summed E-state index contributed by atoms with van der Waals surface area (Å²) < 4.78 is 236. The summed E-state index contributed by atoms with van der Waals surface area (Å²) in [4.78, 5) is 105. The van der Waals surface area contributed by atoms with Crippen LogP contribution in [0.4, 0.5) is 22.0 Å². The number of benzene rings is 10. The molecule has 0 aliphatic carbocycles. The topological polar surface area (TPSA) is 520 Å². The van der Waals surface area contributed by atoms with Crippen molar-refractivity contribution in [1.29, 1.82) is 0 Å². The number of ketones is 1. The monoisotopic (exact) mass is 2120 g/mol. The molecule has 47 heteroatoms. The van der Waals surface area contributed by atoms with Crippen molar-refractivity contribution in [2.24, 2.45) is 10.8 Å². The molecule has 5 aliphatic heterocycles. The molecule has 764 valence electrons. The Bertz CT molecular complexity index is 6870. The van der Waals surface area contributed by atoms with Crippen LogP contribution < -0.4 is 53.2 Å². The van der Waals surface area contributed by atoms with E-state index in [2.05, 4.69) is 0 Å². The summed E-state index contributed by atoms with van der Waals surface area (Å²) in [5, 5.41) is 54.6. The Balaban J connectivity index is 0.000000459. The maximum atomic E-state index is 13.7. The number of esters is 3. The largest absolute Gasteiger partial charge is 1.00 e. The molecule has 0 saturated heterocycles. The first-order valence-corrected chi connectivity index (χ1v) is 50.8. The minimum absolute atomic E-state index is 0. The van der Waals surface area contributed by atoms with Gasteiger partial charge in [0.05, 0.1) is 120 Å². The molecule has 144 heavy (non-hydrogen) atoms. The van der Waals surface area contributed by atoms with Crippen LogP contribution in [0.2, 0.25) is 0 Å². The van der Waals surface area contributed by atoms with Crippen LogP contribution in [-0.4, -0.2) is 208 Å². The first-order valence-electron chi connectivity index (χ1n) is 41.8. The summed E-state index contributed by atoms with van der Waals surface area (Å²) in [5.41, 5.74) is -3.87. The van der Waals surface area contributed by atoms with Crippen molar-refractivity contribution in [3.8, 4) is 28.7 Å². The second-order valence-corrected chi connectivity index (χ2v) is 40.9. The number of Topliss-reactive ketones (excluding diaryl/α,β-unsaturated/α-hetero) is 1. The number of carboxylic acids is 5. The molecule has 10 aromatic rings. The zero-order chi connectivity index (χ0) is 102. The van der Waals surface area contributed by atoms with Gasteiger partial charge in [-0.25, -0.2) is 64.0 Å². The Kier molecular flexibility index (Phi) is 46.3. The molecule has 0 saturated carbocycles. The molecule has 33 nitrogen and oxygen atoms in total. The van der Waals surface area contributed by atoms with E-state index in [0.29, 0.717) is 54.2 Å². The number of thioether (sulfide) groups is 1. The molecule has 5 aliphatic rings. The number of carboxylic acid groups (broad SMARTS) is 5. The van der Waals surface area contributed by atoms with Gasteiger partial charge in [0.2, 0.25) is 49.2 Å². The van der Waals surface area contributed by atoms with Crippen molar-refractivity contribution in [3.63, 3.8) is 0 Å².